The zero-order valence-electron chi connectivity index (χ0n) is 11.7. The first-order valence-corrected chi connectivity index (χ1v) is 6.10. The molecule has 3 N–H and O–H groups in total. The van der Waals surface area contributed by atoms with Gasteiger partial charge < -0.3 is 20.5 Å². The third kappa shape index (κ3) is 4.91. The van der Waals surface area contributed by atoms with Crippen molar-refractivity contribution in [3.8, 4) is 5.75 Å². The van der Waals surface area contributed by atoms with Gasteiger partial charge >= 0.3 is 6.18 Å². The molecule has 0 aliphatic rings. The van der Waals surface area contributed by atoms with E-state index in [9.17, 15) is 18.0 Å². The highest BCUT2D eigenvalue weighted by Gasteiger charge is 2.34. The van der Waals surface area contributed by atoms with Crippen molar-refractivity contribution in [1.82, 2.24) is 0 Å². The van der Waals surface area contributed by atoms with Crippen LogP contribution in [0.2, 0.25) is 0 Å². The van der Waals surface area contributed by atoms with Crippen molar-refractivity contribution in [1.29, 1.82) is 0 Å². The maximum atomic E-state index is 13.0. The molecule has 0 heterocycles. The van der Waals surface area contributed by atoms with E-state index in [1.807, 2.05) is 0 Å². The van der Waals surface area contributed by atoms with E-state index in [0.717, 1.165) is 12.1 Å². The number of carbonyl (C=O) groups excluding carboxylic acids is 1. The van der Waals surface area contributed by atoms with Crippen LogP contribution in [0, 0.1) is 0 Å². The lowest BCUT2D eigenvalue weighted by atomic mass is 10.1. The van der Waals surface area contributed by atoms with Crippen LogP contribution in [0.25, 0.3) is 0 Å². The number of hydrogen-bond acceptors (Lipinski definition) is 4. The fourth-order valence-electron chi connectivity index (χ4n) is 1.60. The van der Waals surface area contributed by atoms with Gasteiger partial charge in [0.15, 0.2) is 0 Å². The predicted molar refractivity (Wildman–Crippen MR) is 71.1 cm³/mol. The van der Waals surface area contributed by atoms with E-state index >= 15 is 0 Å². The monoisotopic (exact) mass is 306 g/mol. The molecule has 0 aliphatic carbocycles. The number of nitrogens with two attached hydrogens (primary N) is 1. The molecule has 1 aromatic rings. The van der Waals surface area contributed by atoms with Gasteiger partial charge in [0.05, 0.1) is 24.4 Å². The minimum absolute atomic E-state index is 0.0454. The fraction of sp³-hybridized carbons (Fsp3) is 0.462. The normalized spacial score (nSPS) is 12.9. The van der Waals surface area contributed by atoms with Crippen molar-refractivity contribution in [3.05, 3.63) is 23.8 Å². The number of nitrogens with one attached hydrogen (secondary N) is 1. The Morgan fingerprint density at radius 3 is 2.57 bits per heavy atom. The summed E-state index contributed by atoms with van der Waals surface area (Å²) in [6.07, 6.45) is -4.41. The summed E-state index contributed by atoms with van der Waals surface area (Å²) in [6.45, 7) is 0.239. The van der Waals surface area contributed by atoms with E-state index in [1.165, 1.54) is 20.3 Å². The molecule has 0 aromatic heterocycles. The molecule has 5 nitrogen and oxygen atoms in total. The van der Waals surface area contributed by atoms with Gasteiger partial charge in [-0.15, -0.1) is 0 Å². The second-order valence-electron chi connectivity index (χ2n) is 4.29. The Morgan fingerprint density at radius 1 is 1.38 bits per heavy atom. The first kappa shape index (κ1) is 17.3. The summed E-state index contributed by atoms with van der Waals surface area (Å²) in [5.74, 6) is -0.660. The topological polar surface area (TPSA) is 73.6 Å². The van der Waals surface area contributed by atoms with Crippen molar-refractivity contribution in [2.45, 2.75) is 18.6 Å². The van der Waals surface area contributed by atoms with Crippen LogP contribution in [0.15, 0.2) is 18.2 Å². The Morgan fingerprint density at radius 2 is 2.05 bits per heavy atom. The number of anilines is 1. The Balaban J connectivity index is 2.94. The number of benzene rings is 1. The van der Waals surface area contributed by atoms with E-state index in [4.69, 9.17) is 15.2 Å². The molecule has 0 radical (unpaired) electrons. The molecule has 1 unspecified atom stereocenters. The summed E-state index contributed by atoms with van der Waals surface area (Å²) in [5.41, 5.74) is 4.22. The maximum absolute atomic E-state index is 13.0. The summed E-state index contributed by atoms with van der Waals surface area (Å²) < 4.78 is 48.4. The molecule has 0 saturated heterocycles. The van der Waals surface area contributed by atoms with E-state index in [1.54, 1.807) is 0 Å². The molecule has 0 saturated carbocycles. The van der Waals surface area contributed by atoms with Gasteiger partial charge in [0.1, 0.15) is 5.75 Å². The molecule has 1 rings (SSSR count). The highest BCUT2D eigenvalue weighted by Crippen LogP contribution is 2.37. The largest absolute Gasteiger partial charge is 0.497 e. The van der Waals surface area contributed by atoms with Crippen molar-refractivity contribution >= 4 is 11.6 Å². The highest BCUT2D eigenvalue weighted by molar-refractivity contribution is 5.95. The van der Waals surface area contributed by atoms with Crippen LogP contribution >= 0.6 is 0 Å². The molecule has 118 valence electrons. The SMILES string of the molecule is COCCC(N)C(=O)Nc1ccc(OC)cc1C(F)(F)F. The third-order valence-electron chi connectivity index (χ3n) is 2.76. The molecule has 1 atom stereocenters. The standard InChI is InChI=1S/C13H17F3N2O3/c1-20-6-5-10(17)12(19)18-11-4-3-8(21-2)7-9(11)13(14,15)16/h3-4,7,10H,5-6,17H2,1-2H3,(H,18,19). The summed E-state index contributed by atoms with van der Waals surface area (Å²) in [6, 6.07) is 2.32. The van der Waals surface area contributed by atoms with Gasteiger partial charge in [-0.25, -0.2) is 0 Å². The lowest BCUT2D eigenvalue weighted by molar-refractivity contribution is -0.137. The molecule has 1 amide bonds. The molecule has 0 bridgehead atoms. The molecule has 0 fully saturated rings. The Bertz CT molecular complexity index is 492. The van der Waals surface area contributed by atoms with Crippen molar-refractivity contribution in [2.24, 2.45) is 5.73 Å². The predicted octanol–water partition coefficient (Wildman–Crippen LogP) is 2.02. The highest BCUT2D eigenvalue weighted by atomic mass is 19.4. The first-order chi connectivity index (χ1) is 9.79. The fourth-order valence-corrected chi connectivity index (χ4v) is 1.60. The minimum Gasteiger partial charge on any atom is -0.497 e. The average Bonchev–Trinajstić information content (AvgIpc) is 2.43. The molecule has 1 aromatic carbocycles. The van der Waals surface area contributed by atoms with Crippen LogP contribution in [0.3, 0.4) is 0 Å². The van der Waals surface area contributed by atoms with Crippen LogP contribution in [-0.4, -0.2) is 32.8 Å². The number of rotatable bonds is 6. The van der Waals surface area contributed by atoms with Crippen molar-refractivity contribution in [3.63, 3.8) is 0 Å². The first-order valence-electron chi connectivity index (χ1n) is 6.10. The van der Waals surface area contributed by atoms with E-state index < -0.39 is 23.7 Å². The van der Waals surface area contributed by atoms with Crippen molar-refractivity contribution < 1.29 is 27.4 Å². The number of alkyl halides is 3. The number of ether oxygens (including phenoxy) is 2. The van der Waals surface area contributed by atoms with Gasteiger partial charge in [-0.05, 0) is 24.6 Å². The molecular weight excluding hydrogens is 289 g/mol. The van der Waals surface area contributed by atoms with Crippen molar-refractivity contribution in [2.75, 3.05) is 26.1 Å². The summed E-state index contributed by atoms with van der Waals surface area (Å²) in [4.78, 5) is 11.8. The summed E-state index contributed by atoms with van der Waals surface area (Å²) >= 11 is 0. The van der Waals surface area contributed by atoms with Gasteiger partial charge in [-0.2, -0.15) is 13.2 Å². The molecular formula is C13H17F3N2O3. The van der Waals surface area contributed by atoms with Gasteiger partial charge in [-0.1, -0.05) is 0 Å². The van der Waals surface area contributed by atoms with Gasteiger partial charge in [0, 0.05) is 13.7 Å². The Labute approximate surface area is 120 Å². The van der Waals surface area contributed by atoms with Gasteiger partial charge in [0.2, 0.25) is 5.91 Å². The Hall–Kier alpha value is -1.80. The second kappa shape index (κ2) is 7.28. The van der Waals surface area contributed by atoms with Gasteiger partial charge in [-0.3, -0.25) is 4.79 Å². The average molecular weight is 306 g/mol. The molecule has 8 heteroatoms. The second-order valence-corrected chi connectivity index (χ2v) is 4.29. The smallest absolute Gasteiger partial charge is 0.418 e. The van der Waals surface area contributed by atoms with Crippen LogP contribution in [0.4, 0.5) is 18.9 Å². The lowest BCUT2D eigenvalue weighted by Gasteiger charge is -2.17. The molecule has 0 spiro atoms. The van der Waals surface area contributed by atoms with E-state index in [-0.39, 0.29) is 24.5 Å². The number of methoxy groups -OCH3 is 2. The summed E-state index contributed by atoms with van der Waals surface area (Å²) in [5, 5.41) is 2.18. The maximum Gasteiger partial charge on any atom is 0.418 e. The summed E-state index contributed by atoms with van der Waals surface area (Å²) in [7, 11) is 2.70. The minimum atomic E-state index is -4.62. The zero-order valence-corrected chi connectivity index (χ0v) is 11.7. The van der Waals surface area contributed by atoms with Gasteiger partial charge in [0.25, 0.3) is 0 Å². The Kier molecular flexibility index (Phi) is 5.98. The zero-order chi connectivity index (χ0) is 16.0. The number of amides is 1. The quantitative estimate of drug-likeness (QED) is 0.843. The third-order valence-corrected chi connectivity index (χ3v) is 2.76. The number of hydrogen-bond donors (Lipinski definition) is 2. The van der Waals surface area contributed by atoms with Crippen LogP contribution in [0.5, 0.6) is 5.75 Å². The van der Waals surface area contributed by atoms with E-state index in [0.29, 0.717) is 0 Å². The number of carbonyl (C=O) groups is 1. The van der Waals surface area contributed by atoms with Crippen LogP contribution in [-0.2, 0) is 15.7 Å². The molecule has 0 aliphatic heterocycles. The van der Waals surface area contributed by atoms with E-state index in [2.05, 4.69) is 5.32 Å². The number of halogens is 3. The van der Waals surface area contributed by atoms with Crippen LogP contribution in [0.1, 0.15) is 12.0 Å². The van der Waals surface area contributed by atoms with Crippen LogP contribution < -0.4 is 15.8 Å². The lowest BCUT2D eigenvalue weighted by Crippen LogP contribution is -2.37. The molecule has 21 heavy (non-hydrogen) atoms.